The number of rotatable bonds is 15. The smallest absolute Gasteiger partial charge is 0.307 e. The Morgan fingerprint density at radius 3 is 2.49 bits per heavy atom. The van der Waals surface area contributed by atoms with Crippen molar-refractivity contribution >= 4 is 22.0 Å². The van der Waals surface area contributed by atoms with Gasteiger partial charge >= 0.3 is 5.97 Å². The highest BCUT2D eigenvalue weighted by molar-refractivity contribution is 7.86. The zero-order valence-electron chi connectivity index (χ0n) is 21.6. The molecule has 0 radical (unpaired) electrons. The number of nitrogens with one attached hydrogen (secondary N) is 1. The van der Waals surface area contributed by atoms with Gasteiger partial charge < -0.3 is 14.8 Å². The molecule has 0 saturated carbocycles. The van der Waals surface area contributed by atoms with Crippen molar-refractivity contribution in [2.24, 2.45) is 0 Å². The van der Waals surface area contributed by atoms with E-state index in [1.807, 2.05) is 49.4 Å². The van der Waals surface area contributed by atoms with Gasteiger partial charge in [0, 0.05) is 12.0 Å². The molecule has 0 fully saturated rings. The Kier molecular flexibility index (Phi) is 11.6. The van der Waals surface area contributed by atoms with Crippen LogP contribution in [0.2, 0.25) is 0 Å². The molecule has 0 heterocycles. The largest absolute Gasteiger partial charge is 0.493 e. The minimum absolute atomic E-state index is 0.0281. The minimum atomic E-state index is -3.90. The van der Waals surface area contributed by atoms with E-state index in [1.54, 1.807) is 6.07 Å². The molecule has 9 heteroatoms. The maximum atomic E-state index is 13.0. The zero-order chi connectivity index (χ0) is 27.4. The molecule has 0 aliphatic rings. The Bertz CT molecular complexity index is 1210. The summed E-state index contributed by atoms with van der Waals surface area (Å²) in [5.41, 5.74) is 3.37. The first-order valence-corrected chi connectivity index (χ1v) is 13.7. The molecule has 0 aliphatic heterocycles. The summed E-state index contributed by atoms with van der Waals surface area (Å²) >= 11 is 0. The summed E-state index contributed by atoms with van der Waals surface area (Å²) in [4.78, 5) is 25.2. The van der Waals surface area contributed by atoms with Crippen molar-refractivity contribution in [1.82, 2.24) is 5.32 Å². The van der Waals surface area contributed by atoms with Crippen molar-refractivity contribution in [2.75, 3.05) is 20.0 Å². The molecular formula is C28H35NO7S. The van der Waals surface area contributed by atoms with Crippen molar-refractivity contribution < 1.29 is 31.7 Å². The Morgan fingerprint density at radius 1 is 1.11 bits per heavy atom. The van der Waals surface area contributed by atoms with Gasteiger partial charge in [0.05, 0.1) is 32.4 Å². The summed E-state index contributed by atoms with van der Waals surface area (Å²) in [7, 11) is -2.64. The van der Waals surface area contributed by atoms with Gasteiger partial charge in [-0.2, -0.15) is 8.42 Å². The van der Waals surface area contributed by atoms with E-state index >= 15 is 0 Å². The molecule has 2 aromatic carbocycles. The van der Waals surface area contributed by atoms with Crippen molar-refractivity contribution in [3.05, 3.63) is 78.9 Å². The van der Waals surface area contributed by atoms with Gasteiger partial charge in [0.15, 0.2) is 6.10 Å². The third kappa shape index (κ3) is 9.51. The average Bonchev–Trinajstić information content (AvgIpc) is 2.85. The lowest BCUT2D eigenvalue weighted by atomic mass is 9.94. The topological polar surface area (TPSA) is 108 Å². The molecule has 2 atom stereocenters. The van der Waals surface area contributed by atoms with Gasteiger partial charge in [-0.15, -0.1) is 13.2 Å². The molecule has 0 saturated heterocycles. The lowest BCUT2D eigenvalue weighted by molar-refractivity contribution is -0.141. The fourth-order valence-electron chi connectivity index (χ4n) is 3.77. The van der Waals surface area contributed by atoms with Crippen LogP contribution in [0, 0.1) is 6.92 Å². The normalized spacial score (nSPS) is 12.7. The minimum Gasteiger partial charge on any atom is -0.493 e. The first-order valence-electron chi connectivity index (χ1n) is 11.9. The molecule has 200 valence electrons. The van der Waals surface area contributed by atoms with Crippen LogP contribution in [-0.4, -0.2) is 46.4 Å². The van der Waals surface area contributed by atoms with Gasteiger partial charge in [-0.25, -0.2) is 0 Å². The van der Waals surface area contributed by atoms with Gasteiger partial charge in [-0.3, -0.25) is 13.8 Å². The van der Waals surface area contributed by atoms with Gasteiger partial charge in [0.1, 0.15) is 5.75 Å². The van der Waals surface area contributed by atoms with Crippen molar-refractivity contribution in [2.45, 2.75) is 44.8 Å². The Labute approximate surface area is 219 Å². The van der Waals surface area contributed by atoms with Crippen LogP contribution in [0.25, 0.3) is 11.1 Å². The van der Waals surface area contributed by atoms with E-state index in [1.165, 1.54) is 13.2 Å². The summed E-state index contributed by atoms with van der Waals surface area (Å²) in [5.74, 6) is -0.503. The quantitative estimate of drug-likeness (QED) is 0.155. The summed E-state index contributed by atoms with van der Waals surface area (Å²) in [6.07, 6.45) is 4.28. The van der Waals surface area contributed by atoms with E-state index in [-0.39, 0.29) is 12.8 Å². The highest BCUT2D eigenvalue weighted by atomic mass is 32.2. The third-order valence-corrected chi connectivity index (χ3v) is 6.08. The number of hydrogen-bond acceptors (Lipinski definition) is 7. The van der Waals surface area contributed by atoms with Crippen LogP contribution in [0.3, 0.4) is 0 Å². The predicted octanol–water partition coefficient (Wildman–Crippen LogP) is 4.65. The molecular weight excluding hydrogens is 494 g/mol. The van der Waals surface area contributed by atoms with Crippen LogP contribution in [0.1, 0.15) is 42.9 Å². The van der Waals surface area contributed by atoms with Gasteiger partial charge in [0.2, 0.25) is 0 Å². The third-order valence-electron chi connectivity index (χ3n) is 5.50. The number of carbonyl (C=O) groups is 2. The molecule has 0 bridgehead atoms. The summed E-state index contributed by atoms with van der Waals surface area (Å²) in [5, 5.41) is 2.74. The molecule has 0 unspecified atom stereocenters. The molecule has 0 aliphatic carbocycles. The number of esters is 1. The highest BCUT2D eigenvalue weighted by Crippen LogP contribution is 2.35. The average molecular weight is 530 g/mol. The summed E-state index contributed by atoms with van der Waals surface area (Å²) < 4.78 is 39.1. The van der Waals surface area contributed by atoms with Crippen LogP contribution in [0.5, 0.6) is 5.75 Å². The summed E-state index contributed by atoms with van der Waals surface area (Å²) in [6.45, 7) is 9.81. The molecule has 1 N–H and O–H groups in total. The molecule has 0 spiro atoms. The van der Waals surface area contributed by atoms with Crippen LogP contribution < -0.4 is 10.1 Å². The van der Waals surface area contributed by atoms with Crippen LogP contribution in [0.15, 0.2) is 67.8 Å². The second-order valence-electron chi connectivity index (χ2n) is 8.51. The maximum absolute atomic E-state index is 13.0. The lowest BCUT2D eigenvalue weighted by Gasteiger charge is -2.22. The van der Waals surface area contributed by atoms with E-state index in [9.17, 15) is 18.0 Å². The fourth-order valence-corrected chi connectivity index (χ4v) is 4.36. The van der Waals surface area contributed by atoms with E-state index in [4.69, 9.17) is 13.7 Å². The summed E-state index contributed by atoms with van der Waals surface area (Å²) in [6, 6.07) is 12.4. The van der Waals surface area contributed by atoms with Crippen molar-refractivity contribution in [1.29, 1.82) is 0 Å². The number of amides is 1. The monoisotopic (exact) mass is 529 g/mol. The Balaban J connectivity index is 2.42. The van der Waals surface area contributed by atoms with Crippen LogP contribution >= 0.6 is 0 Å². The highest BCUT2D eigenvalue weighted by Gasteiger charge is 2.27. The number of unbranched alkanes of at least 4 members (excludes halogenated alkanes) is 1. The van der Waals surface area contributed by atoms with E-state index in [2.05, 4.69) is 18.5 Å². The number of aryl methyl sites for hydroxylation is 1. The van der Waals surface area contributed by atoms with Crippen molar-refractivity contribution in [3.8, 4) is 16.9 Å². The SMILES string of the molecule is C=CCCCOc1cccc(C)c1-c1cccc([C@H](CC(=O)OC)NC(=O)[C@@H](CC=C)OS(C)(=O)=O)c1. The number of methoxy groups -OCH3 is 1. The van der Waals surface area contributed by atoms with E-state index in [0.717, 1.165) is 41.5 Å². The molecule has 8 nitrogen and oxygen atoms in total. The van der Waals surface area contributed by atoms with Crippen LogP contribution in [-0.2, 0) is 28.6 Å². The lowest BCUT2D eigenvalue weighted by Crippen LogP contribution is -2.40. The fraction of sp³-hybridized carbons (Fsp3) is 0.357. The maximum Gasteiger partial charge on any atom is 0.307 e. The number of benzene rings is 2. The predicted molar refractivity (Wildman–Crippen MR) is 144 cm³/mol. The number of allylic oxidation sites excluding steroid dienone is 1. The van der Waals surface area contributed by atoms with Gasteiger partial charge in [-0.1, -0.05) is 42.5 Å². The molecule has 1 amide bonds. The number of hydrogen-bond donors (Lipinski definition) is 1. The Morgan fingerprint density at radius 2 is 1.84 bits per heavy atom. The standard InChI is InChI=1S/C28H35NO7S/c1-6-8-9-17-35-24-16-10-13-20(3)27(24)22-15-11-14-21(18-22)23(19-26(30)34-4)29-28(31)25(12-7-2)36-37(5,32)33/h6-7,10-11,13-16,18,23,25H,1-2,8-9,12,17,19H2,3-5H3,(H,29,31)/t23-,25+/m0/s1. The van der Waals surface area contributed by atoms with Gasteiger partial charge in [-0.05, 0) is 48.6 Å². The first kappa shape index (κ1) is 29.8. The second-order valence-corrected chi connectivity index (χ2v) is 10.1. The van der Waals surface area contributed by atoms with Crippen molar-refractivity contribution in [3.63, 3.8) is 0 Å². The first-order chi connectivity index (χ1) is 17.6. The van der Waals surface area contributed by atoms with E-state index in [0.29, 0.717) is 12.2 Å². The Hall–Kier alpha value is -3.43. The zero-order valence-corrected chi connectivity index (χ0v) is 22.4. The van der Waals surface area contributed by atoms with Crippen LogP contribution in [0.4, 0.5) is 0 Å². The molecule has 2 rings (SSSR count). The molecule has 2 aromatic rings. The number of ether oxygens (including phenoxy) is 2. The van der Waals surface area contributed by atoms with E-state index < -0.39 is 34.1 Å². The molecule has 0 aromatic heterocycles. The number of carbonyl (C=O) groups excluding carboxylic acids is 2. The molecule has 37 heavy (non-hydrogen) atoms. The van der Waals surface area contributed by atoms with Gasteiger partial charge in [0.25, 0.3) is 16.0 Å². The second kappa shape index (κ2) is 14.3.